The zero-order valence-corrected chi connectivity index (χ0v) is 12.2. The van der Waals surface area contributed by atoms with Crippen LogP contribution in [-0.2, 0) is 4.79 Å². The van der Waals surface area contributed by atoms with Gasteiger partial charge in [0, 0.05) is 16.6 Å². The number of benzene rings is 3. The number of hydrogen-bond acceptors (Lipinski definition) is 1. The van der Waals surface area contributed by atoms with E-state index in [2.05, 4.69) is 35.6 Å². The highest BCUT2D eigenvalue weighted by molar-refractivity contribution is 6.11. The maximum absolute atomic E-state index is 12.1. The summed E-state index contributed by atoms with van der Waals surface area (Å²) in [6.45, 7) is 3.68. The minimum absolute atomic E-state index is 0.0573. The lowest BCUT2D eigenvalue weighted by molar-refractivity contribution is -0.112. The Balaban J connectivity index is 2.15. The third-order valence-electron chi connectivity index (χ3n) is 3.79. The Morgan fingerprint density at radius 2 is 1.62 bits per heavy atom. The van der Waals surface area contributed by atoms with E-state index in [1.165, 1.54) is 10.8 Å². The molecule has 3 rings (SSSR count). The van der Waals surface area contributed by atoms with Gasteiger partial charge < -0.3 is 5.32 Å². The molecular formula is C19H17NO. The SMILES string of the molecule is CC=C(C)C(=O)Nc1cccc2cc3ccccc3cc12. The average Bonchev–Trinajstić information content (AvgIpc) is 2.52. The van der Waals surface area contributed by atoms with Gasteiger partial charge in [0.1, 0.15) is 0 Å². The molecule has 2 heteroatoms. The van der Waals surface area contributed by atoms with Crippen LogP contribution in [0.1, 0.15) is 13.8 Å². The van der Waals surface area contributed by atoms with Crippen molar-refractivity contribution < 1.29 is 4.79 Å². The van der Waals surface area contributed by atoms with Gasteiger partial charge in [0.05, 0.1) is 0 Å². The summed E-state index contributed by atoms with van der Waals surface area (Å²) in [6.07, 6.45) is 1.82. The molecule has 0 aliphatic carbocycles. The number of carbonyl (C=O) groups excluding carboxylic acids is 1. The maximum Gasteiger partial charge on any atom is 0.250 e. The van der Waals surface area contributed by atoms with Crippen LogP contribution in [0.4, 0.5) is 5.69 Å². The molecule has 0 atom stereocenters. The van der Waals surface area contributed by atoms with Crippen LogP contribution in [-0.4, -0.2) is 5.91 Å². The zero-order chi connectivity index (χ0) is 14.8. The number of anilines is 1. The topological polar surface area (TPSA) is 29.1 Å². The van der Waals surface area contributed by atoms with Gasteiger partial charge in [-0.3, -0.25) is 4.79 Å². The number of carbonyl (C=O) groups is 1. The van der Waals surface area contributed by atoms with Crippen molar-refractivity contribution in [1.29, 1.82) is 0 Å². The summed E-state index contributed by atoms with van der Waals surface area (Å²) in [4.78, 5) is 12.1. The lowest BCUT2D eigenvalue weighted by Gasteiger charge is -2.10. The van der Waals surface area contributed by atoms with Gasteiger partial charge in [0.2, 0.25) is 0 Å². The molecule has 3 aromatic carbocycles. The van der Waals surface area contributed by atoms with Crippen LogP contribution in [0.3, 0.4) is 0 Å². The number of allylic oxidation sites excluding steroid dienone is 1. The van der Waals surface area contributed by atoms with E-state index < -0.39 is 0 Å². The summed E-state index contributed by atoms with van der Waals surface area (Å²) in [5.41, 5.74) is 1.57. The maximum atomic E-state index is 12.1. The predicted octanol–water partition coefficient (Wildman–Crippen LogP) is 4.90. The van der Waals surface area contributed by atoms with E-state index in [0.717, 1.165) is 16.5 Å². The molecule has 0 aromatic heterocycles. The van der Waals surface area contributed by atoms with Gasteiger partial charge in [-0.05, 0) is 48.2 Å². The van der Waals surface area contributed by atoms with E-state index in [1.807, 2.05) is 44.2 Å². The molecule has 21 heavy (non-hydrogen) atoms. The van der Waals surface area contributed by atoms with Gasteiger partial charge in [0.25, 0.3) is 5.91 Å². The summed E-state index contributed by atoms with van der Waals surface area (Å²) in [5, 5.41) is 7.57. The average molecular weight is 275 g/mol. The quantitative estimate of drug-likeness (QED) is 0.523. The Labute approximate surface area is 124 Å². The van der Waals surface area contributed by atoms with E-state index in [-0.39, 0.29) is 5.91 Å². The second kappa shape index (κ2) is 5.41. The summed E-state index contributed by atoms with van der Waals surface area (Å²) in [5.74, 6) is -0.0573. The van der Waals surface area contributed by atoms with E-state index in [0.29, 0.717) is 5.57 Å². The van der Waals surface area contributed by atoms with Gasteiger partial charge in [-0.25, -0.2) is 0 Å². The lowest BCUT2D eigenvalue weighted by Crippen LogP contribution is -2.12. The first-order valence-electron chi connectivity index (χ1n) is 7.05. The largest absolute Gasteiger partial charge is 0.322 e. The van der Waals surface area contributed by atoms with Crippen molar-refractivity contribution in [2.24, 2.45) is 0 Å². The fraction of sp³-hybridized carbons (Fsp3) is 0.105. The number of rotatable bonds is 2. The molecule has 0 bridgehead atoms. The van der Waals surface area contributed by atoms with E-state index in [9.17, 15) is 4.79 Å². The third-order valence-corrected chi connectivity index (χ3v) is 3.79. The number of nitrogens with one attached hydrogen (secondary N) is 1. The van der Waals surface area contributed by atoms with Crippen LogP contribution in [0, 0.1) is 0 Å². The molecule has 0 heterocycles. The highest BCUT2D eigenvalue weighted by Crippen LogP contribution is 2.28. The normalized spacial score (nSPS) is 11.8. The zero-order valence-electron chi connectivity index (χ0n) is 12.2. The second-order valence-corrected chi connectivity index (χ2v) is 5.15. The monoisotopic (exact) mass is 275 g/mol. The highest BCUT2D eigenvalue weighted by atomic mass is 16.1. The molecule has 0 aliphatic heterocycles. The van der Waals surface area contributed by atoms with Crippen LogP contribution in [0.25, 0.3) is 21.5 Å². The fourth-order valence-corrected chi connectivity index (χ4v) is 2.43. The van der Waals surface area contributed by atoms with E-state index >= 15 is 0 Å². The number of fused-ring (bicyclic) bond motifs is 2. The first-order chi connectivity index (χ1) is 10.2. The van der Waals surface area contributed by atoms with Crippen LogP contribution >= 0.6 is 0 Å². The molecule has 0 radical (unpaired) electrons. The molecule has 1 N–H and O–H groups in total. The molecular weight excluding hydrogens is 258 g/mol. The minimum Gasteiger partial charge on any atom is -0.322 e. The second-order valence-electron chi connectivity index (χ2n) is 5.15. The van der Waals surface area contributed by atoms with Crippen molar-refractivity contribution in [1.82, 2.24) is 0 Å². The van der Waals surface area contributed by atoms with Crippen molar-refractivity contribution in [3.63, 3.8) is 0 Å². The Kier molecular flexibility index (Phi) is 3.44. The summed E-state index contributed by atoms with van der Waals surface area (Å²) >= 11 is 0. The fourth-order valence-electron chi connectivity index (χ4n) is 2.43. The molecule has 0 fully saturated rings. The Morgan fingerprint density at radius 3 is 2.33 bits per heavy atom. The van der Waals surface area contributed by atoms with Crippen LogP contribution in [0.2, 0.25) is 0 Å². The smallest absolute Gasteiger partial charge is 0.250 e. The molecule has 0 aliphatic rings. The first kappa shape index (κ1) is 13.4. The molecule has 0 saturated carbocycles. The van der Waals surface area contributed by atoms with Gasteiger partial charge in [-0.15, -0.1) is 0 Å². The van der Waals surface area contributed by atoms with Crippen LogP contribution < -0.4 is 5.32 Å². The molecule has 1 amide bonds. The standard InChI is InChI=1S/C19H17NO/c1-3-13(2)19(21)20-18-10-6-9-16-11-14-7-4-5-8-15(14)12-17(16)18/h3-12H,1-2H3,(H,20,21). The first-order valence-corrected chi connectivity index (χ1v) is 7.05. The van der Waals surface area contributed by atoms with Crippen molar-refractivity contribution in [3.8, 4) is 0 Å². The van der Waals surface area contributed by atoms with Crippen molar-refractivity contribution in [3.05, 3.63) is 66.2 Å². The Hall–Kier alpha value is -2.61. The molecule has 0 unspecified atom stereocenters. The molecule has 0 spiro atoms. The lowest BCUT2D eigenvalue weighted by atomic mass is 10.0. The Morgan fingerprint density at radius 1 is 0.952 bits per heavy atom. The van der Waals surface area contributed by atoms with Crippen molar-refractivity contribution >= 4 is 33.1 Å². The number of hydrogen-bond donors (Lipinski definition) is 1. The minimum atomic E-state index is -0.0573. The predicted molar refractivity (Wildman–Crippen MR) is 89.5 cm³/mol. The van der Waals surface area contributed by atoms with E-state index in [4.69, 9.17) is 0 Å². The highest BCUT2D eigenvalue weighted by Gasteiger charge is 2.07. The van der Waals surface area contributed by atoms with Crippen LogP contribution in [0.15, 0.2) is 66.2 Å². The molecule has 2 nitrogen and oxygen atoms in total. The molecule has 104 valence electrons. The third kappa shape index (κ3) is 2.52. The van der Waals surface area contributed by atoms with Crippen molar-refractivity contribution in [2.75, 3.05) is 5.32 Å². The summed E-state index contributed by atoms with van der Waals surface area (Å²) in [7, 11) is 0. The van der Waals surface area contributed by atoms with Crippen molar-refractivity contribution in [2.45, 2.75) is 13.8 Å². The molecule has 3 aromatic rings. The molecule has 0 saturated heterocycles. The van der Waals surface area contributed by atoms with E-state index in [1.54, 1.807) is 0 Å². The van der Waals surface area contributed by atoms with Crippen LogP contribution in [0.5, 0.6) is 0 Å². The van der Waals surface area contributed by atoms with Gasteiger partial charge in [-0.2, -0.15) is 0 Å². The van der Waals surface area contributed by atoms with Gasteiger partial charge in [0.15, 0.2) is 0 Å². The van der Waals surface area contributed by atoms with Gasteiger partial charge in [-0.1, -0.05) is 42.5 Å². The Bertz CT molecular complexity index is 862. The van der Waals surface area contributed by atoms with Gasteiger partial charge >= 0.3 is 0 Å². The number of amides is 1. The summed E-state index contributed by atoms with van der Waals surface area (Å²) in [6, 6.07) is 18.5. The summed E-state index contributed by atoms with van der Waals surface area (Å²) < 4.78 is 0.